The van der Waals surface area contributed by atoms with E-state index in [-0.39, 0.29) is 11.6 Å². The number of aryl methyl sites for hydroxylation is 1. The van der Waals surface area contributed by atoms with Gasteiger partial charge in [0.25, 0.3) is 12.1 Å². The Morgan fingerprint density at radius 1 is 1.60 bits per heavy atom. The minimum Gasteiger partial charge on any atom is -0.481 e. The number of nitrogens with zero attached hydrogens (tertiary/aromatic N) is 2. The lowest BCUT2D eigenvalue weighted by Gasteiger charge is -2.06. The Morgan fingerprint density at radius 2 is 2.20 bits per heavy atom. The maximum Gasteiger partial charge on any atom is 0.299 e. The van der Waals surface area contributed by atoms with E-state index in [0.29, 0.717) is 0 Å². The number of rotatable bonds is 3. The Labute approximate surface area is 83.8 Å². The SMILES string of the molecule is COc1cc(C(F)F)c([N+](=O)[O-])c(C)n1. The molecule has 0 fully saturated rings. The van der Waals surface area contributed by atoms with E-state index in [1.165, 1.54) is 14.0 Å². The van der Waals surface area contributed by atoms with Crippen LogP contribution in [0.3, 0.4) is 0 Å². The maximum absolute atomic E-state index is 12.5. The van der Waals surface area contributed by atoms with Gasteiger partial charge in [0.15, 0.2) is 0 Å². The number of hydrogen-bond acceptors (Lipinski definition) is 4. The normalized spacial score (nSPS) is 10.5. The maximum atomic E-state index is 12.5. The molecule has 0 saturated carbocycles. The molecule has 0 spiro atoms. The van der Waals surface area contributed by atoms with Gasteiger partial charge in [-0.25, -0.2) is 13.8 Å². The average Bonchev–Trinajstić information content (AvgIpc) is 2.15. The zero-order valence-electron chi connectivity index (χ0n) is 8.03. The fourth-order valence-corrected chi connectivity index (χ4v) is 1.17. The van der Waals surface area contributed by atoms with Crippen molar-refractivity contribution >= 4 is 5.69 Å². The summed E-state index contributed by atoms with van der Waals surface area (Å²) >= 11 is 0. The molecule has 0 aromatic carbocycles. The van der Waals surface area contributed by atoms with Gasteiger partial charge in [0.1, 0.15) is 11.3 Å². The summed E-state index contributed by atoms with van der Waals surface area (Å²) in [5.41, 5.74) is -1.43. The standard InChI is InChI=1S/C8H8F2N2O3/c1-4-7(12(13)14)5(8(9)10)3-6(11-4)15-2/h3,8H,1-2H3. The van der Waals surface area contributed by atoms with Crippen molar-refractivity contribution in [2.75, 3.05) is 7.11 Å². The fourth-order valence-electron chi connectivity index (χ4n) is 1.17. The van der Waals surface area contributed by atoms with Crippen LogP contribution in [0.4, 0.5) is 14.5 Å². The van der Waals surface area contributed by atoms with Crippen molar-refractivity contribution in [1.29, 1.82) is 0 Å². The first kappa shape index (κ1) is 11.3. The highest BCUT2D eigenvalue weighted by Gasteiger charge is 2.26. The number of pyridine rings is 1. The lowest BCUT2D eigenvalue weighted by Crippen LogP contribution is -2.02. The summed E-state index contributed by atoms with van der Waals surface area (Å²) in [6, 6.07) is 0.871. The Balaban J connectivity index is 3.42. The van der Waals surface area contributed by atoms with E-state index in [9.17, 15) is 18.9 Å². The molecule has 1 heterocycles. The molecule has 0 saturated heterocycles. The lowest BCUT2D eigenvalue weighted by atomic mass is 10.2. The summed E-state index contributed by atoms with van der Waals surface area (Å²) in [5.74, 6) is -0.0617. The average molecular weight is 218 g/mol. The molecule has 1 aromatic rings. The lowest BCUT2D eigenvalue weighted by molar-refractivity contribution is -0.387. The first-order valence-corrected chi connectivity index (χ1v) is 3.95. The Hall–Kier alpha value is -1.79. The highest BCUT2D eigenvalue weighted by molar-refractivity contribution is 5.46. The molecule has 0 unspecified atom stereocenters. The highest BCUT2D eigenvalue weighted by Crippen LogP contribution is 2.33. The van der Waals surface area contributed by atoms with Gasteiger partial charge in [-0.2, -0.15) is 0 Å². The van der Waals surface area contributed by atoms with Gasteiger partial charge in [-0.3, -0.25) is 10.1 Å². The summed E-state index contributed by atoms with van der Waals surface area (Å²) in [5, 5.41) is 10.5. The molecule has 0 radical (unpaired) electrons. The molecule has 0 amide bonds. The van der Waals surface area contributed by atoms with Gasteiger partial charge >= 0.3 is 0 Å². The number of methoxy groups -OCH3 is 1. The Bertz CT molecular complexity index is 396. The minimum atomic E-state index is -2.93. The molecular weight excluding hydrogens is 210 g/mol. The van der Waals surface area contributed by atoms with Crippen LogP contribution in [0.2, 0.25) is 0 Å². The molecule has 7 heteroatoms. The molecular formula is C8H8F2N2O3. The zero-order valence-corrected chi connectivity index (χ0v) is 8.03. The summed E-state index contributed by atoms with van der Waals surface area (Å²) in [4.78, 5) is 13.3. The predicted molar refractivity (Wildman–Crippen MR) is 47.1 cm³/mol. The minimum absolute atomic E-state index is 0.0617. The van der Waals surface area contributed by atoms with E-state index in [2.05, 4.69) is 9.72 Å². The molecule has 82 valence electrons. The van der Waals surface area contributed by atoms with Gasteiger partial charge in [0.2, 0.25) is 5.88 Å². The zero-order chi connectivity index (χ0) is 11.6. The van der Waals surface area contributed by atoms with Gasteiger partial charge in [0.05, 0.1) is 12.0 Å². The van der Waals surface area contributed by atoms with Crippen molar-refractivity contribution in [2.24, 2.45) is 0 Å². The molecule has 1 rings (SSSR count). The topological polar surface area (TPSA) is 65.3 Å². The van der Waals surface area contributed by atoms with E-state index in [1.54, 1.807) is 0 Å². The third kappa shape index (κ3) is 2.17. The van der Waals surface area contributed by atoms with Gasteiger partial charge in [-0.05, 0) is 6.92 Å². The molecule has 1 aromatic heterocycles. The van der Waals surface area contributed by atoms with Gasteiger partial charge < -0.3 is 4.74 Å². The smallest absolute Gasteiger partial charge is 0.299 e. The van der Waals surface area contributed by atoms with Crippen molar-refractivity contribution in [3.63, 3.8) is 0 Å². The van der Waals surface area contributed by atoms with Crippen LogP contribution in [0.25, 0.3) is 0 Å². The molecule has 15 heavy (non-hydrogen) atoms. The van der Waals surface area contributed by atoms with Gasteiger partial charge in [-0.1, -0.05) is 0 Å². The molecule has 0 aliphatic heterocycles. The molecule has 0 bridgehead atoms. The van der Waals surface area contributed by atoms with Crippen molar-refractivity contribution in [2.45, 2.75) is 13.3 Å². The molecule has 0 atom stereocenters. The molecule has 0 aliphatic rings. The number of alkyl halides is 2. The quantitative estimate of drug-likeness (QED) is 0.576. The molecule has 5 nitrogen and oxygen atoms in total. The number of halogens is 2. The third-order valence-electron chi connectivity index (χ3n) is 1.80. The van der Waals surface area contributed by atoms with Crippen LogP contribution >= 0.6 is 0 Å². The highest BCUT2D eigenvalue weighted by atomic mass is 19.3. The van der Waals surface area contributed by atoms with Crippen LogP contribution in [0.5, 0.6) is 5.88 Å². The summed E-state index contributed by atoms with van der Waals surface area (Å²) < 4.78 is 29.6. The van der Waals surface area contributed by atoms with Crippen LogP contribution < -0.4 is 4.74 Å². The number of ether oxygens (including phenoxy) is 1. The van der Waals surface area contributed by atoms with Gasteiger partial charge in [0, 0.05) is 6.07 Å². The summed E-state index contributed by atoms with van der Waals surface area (Å²) in [6.45, 7) is 1.28. The summed E-state index contributed by atoms with van der Waals surface area (Å²) in [6.07, 6.45) is -2.93. The Kier molecular flexibility index (Phi) is 3.13. The number of aromatic nitrogens is 1. The second kappa shape index (κ2) is 4.16. The van der Waals surface area contributed by atoms with Crippen molar-refractivity contribution in [1.82, 2.24) is 4.98 Å². The van der Waals surface area contributed by atoms with Crippen molar-refractivity contribution < 1.29 is 18.4 Å². The van der Waals surface area contributed by atoms with Crippen LogP contribution in [0, 0.1) is 17.0 Å². The molecule has 0 aliphatic carbocycles. The van der Waals surface area contributed by atoms with Crippen LogP contribution in [0.1, 0.15) is 17.7 Å². The van der Waals surface area contributed by atoms with E-state index in [1.807, 2.05) is 0 Å². The first-order valence-electron chi connectivity index (χ1n) is 3.95. The predicted octanol–water partition coefficient (Wildman–Crippen LogP) is 2.24. The van der Waals surface area contributed by atoms with Crippen LogP contribution in [-0.4, -0.2) is 17.0 Å². The Morgan fingerprint density at radius 3 is 2.60 bits per heavy atom. The monoisotopic (exact) mass is 218 g/mol. The van der Waals surface area contributed by atoms with Crippen LogP contribution in [0.15, 0.2) is 6.07 Å². The van der Waals surface area contributed by atoms with E-state index < -0.39 is 22.6 Å². The summed E-state index contributed by atoms with van der Waals surface area (Å²) in [7, 11) is 1.25. The van der Waals surface area contributed by atoms with E-state index >= 15 is 0 Å². The van der Waals surface area contributed by atoms with Crippen molar-refractivity contribution in [3.05, 3.63) is 27.4 Å². The van der Waals surface area contributed by atoms with E-state index in [4.69, 9.17) is 0 Å². The largest absolute Gasteiger partial charge is 0.481 e. The van der Waals surface area contributed by atoms with E-state index in [0.717, 1.165) is 6.07 Å². The first-order chi connectivity index (χ1) is 6.97. The molecule has 0 N–H and O–H groups in total. The number of nitro groups is 1. The van der Waals surface area contributed by atoms with Crippen LogP contribution in [-0.2, 0) is 0 Å². The third-order valence-corrected chi connectivity index (χ3v) is 1.80. The number of hydrogen-bond donors (Lipinski definition) is 0. The second-order valence-corrected chi connectivity index (χ2v) is 2.75. The van der Waals surface area contributed by atoms with Gasteiger partial charge in [-0.15, -0.1) is 0 Å². The fraction of sp³-hybridized carbons (Fsp3) is 0.375. The second-order valence-electron chi connectivity index (χ2n) is 2.75. The van der Waals surface area contributed by atoms with Crippen molar-refractivity contribution in [3.8, 4) is 5.88 Å².